The fraction of sp³-hybridized carbons (Fsp3) is 0.314. The topological polar surface area (TPSA) is 156 Å². The zero-order valence-corrected chi connectivity index (χ0v) is 27.5. The number of nitrogens with zero attached hydrogens (tertiary/aromatic N) is 2. The Bertz CT molecular complexity index is 1710. The lowest BCUT2D eigenvalue weighted by Crippen LogP contribution is -2.61. The number of hydrogen-bond donors (Lipinski definition) is 4. The minimum Gasteiger partial charge on any atom is -0.343 e. The van der Waals surface area contributed by atoms with Gasteiger partial charge in [0.15, 0.2) is 0 Å². The van der Waals surface area contributed by atoms with Gasteiger partial charge in [-0.1, -0.05) is 84.9 Å². The van der Waals surface area contributed by atoms with Gasteiger partial charge in [0.1, 0.15) is 12.1 Å². The second-order valence-electron chi connectivity index (χ2n) is 12.1. The van der Waals surface area contributed by atoms with Gasteiger partial charge in [0.2, 0.25) is 23.6 Å². The van der Waals surface area contributed by atoms with Crippen LogP contribution >= 0.6 is 7.60 Å². The average Bonchev–Trinajstić information content (AvgIpc) is 3.50. The first-order valence-electron chi connectivity index (χ1n) is 15.8. The minimum absolute atomic E-state index is 0.117. The first-order chi connectivity index (χ1) is 23.3. The van der Waals surface area contributed by atoms with Gasteiger partial charge in [-0.25, -0.2) is 0 Å². The fourth-order valence-electron chi connectivity index (χ4n) is 6.27. The molecule has 0 aromatic heterocycles. The van der Waals surface area contributed by atoms with Crippen LogP contribution < -0.4 is 10.6 Å². The highest BCUT2D eigenvalue weighted by molar-refractivity contribution is 7.52. The van der Waals surface area contributed by atoms with Gasteiger partial charge in [-0.15, -0.1) is 0 Å². The number of alkyl halides is 2. The number of halogens is 2. The van der Waals surface area contributed by atoms with E-state index in [1.54, 1.807) is 0 Å². The molecule has 2 fully saturated rings. The summed E-state index contributed by atoms with van der Waals surface area (Å²) in [5.74, 6) is -1.83. The van der Waals surface area contributed by atoms with Gasteiger partial charge in [0, 0.05) is 37.7 Å². The van der Waals surface area contributed by atoms with Gasteiger partial charge in [0.25, 0.3) is 0 Å². The number of hydrogen-bond acceptors (Lipinski definition) is 5. The van der Waals surface area contributed by atoms with Crippen LogP contribution in [0.2, 0.25) is 0 Å². The second-order valence-corrected chi connectivity index (χ2v) is 13.8. The summed E-state index contributed by atoms with van der Waals surface area (Å²) in [6, 6.07) is 20.2. The van der Waals surface area contributed by atoms with Gasteiger partial charge in [0.05, 0.1) is 6.04 Å². The van der Waals surface area contributed by atoms with Crippen molar-refractivity contribution in [3.63, 3.8) is 0 Å². The van der Waals surface area contributed by atoms with E-state index in [1.165, 1.54) is 22.8 Å². The summed E-state index contributed by atoms with van der Waals surface area (Å²) in [5.41, 5.74) is -3.24. The SMILES string of the molecule is CC(=O)N1CC[C@H]2CC[C@@H](C(=O)NC(c3ccccc3)c3ccccc3)N2C(=O)[C@@H](NC(=O)/C=C/c2ccc(C(F)(F)P(=O)(O)O)cc2)C1. The number of carbonyl (C=O) groups is 4. The van der Waals surface area contributed by atoms with Crippen LogP contribution in [-0.4, -0.2) is 74.4 Å². The number of benzene rings is 3. The fourth-order valence-corrected chi connectivity index (χ4v) is 6.75. The van der Waals surface area contributed by atoms with E-state index in [2.05, 4.69) is 10.6 Å². The molecule has 2 aliphatic rings. The van der Waals surface area contributed by atoms with Crippen LogP contribution in [0, 0.1) is 0 Å². The van der Waals surface area contributed by atoms with Gasteiger partial charge >= 0.3 is 13.3 Å². The smallest absolute Gasteiger partial charge is 0.343 e. The highest BCUT2D eigenvalue weighted by Gasteiger charge is 2.50. The Morgan fingerprint density at radius 3 is 2.06 bits per heavy atom. The zero-order valence-electron chi connectivity index (χ0n) is 26.6. The summed E-state index contributed by atoms with van der Waals surface area (Å²) in [5, 5.41) is 5.78. The lowest BCUT2D eigenvalue weighted by molar-refractivity contribution is -0.146. The average molecular weight is 695 g/mol. The first kappa shape index (κ1) is 35.6. The van der Waals surface area contributed by atoms with Crippen LogP contribution in [0.15, 0.2) is 91.0 Å². The summed E-state index contributed by atoms with van der Waals surface area (Å²) in [7, 11) is -5.74. The molecule has 11 nitrogen and oxygen atoms in total. The summed E-state index contributed by atoms with van der Waals surface area (Å²) < 4.78 is 39.2. The quantitative estimate of drug-likeness (QED) is 0.195. The van der Waals surface area contributed by atoms with Crippen LogP contribution in [0.5, 0.6) is 0 Å². The normalized spacial score (nSPS) is 20.1. The number of nitrogens with one attached hydrogen (secondary N) is 2. The van der Waals surface area contributed by atoms with Gasteiger partial charge < -0.3 is 30.2 Å². The number of fused-ring (bicyclic) bond motifs is 1. The summed E-state index contributed by atoms with van der Waals surface area (Å²) >= 11 is 0. The number of amides is 4. The van der Waals surface area contributed by atoms with Crippen molar-refractivity contribution in [3.05, 3.63) is 113 Å². The molecule has 0 saturated carbocycles. The molecule has 0 bridgehead atoms. The standard InChI is InChI=1S/C35H37F2N4O7P/c1-23(42)40-21-20-28-17-18-30(33(44)39-32(25-8-4-2-5-9-25)26-10-6-3-7-11-26)41(28)34(45)29(22-40)38-31(43)19-14-24-12-15-27(16-13-24)35(36,37)49(46,47)48/h2-16,19,28-30,32H,17-18,20-22H2,1H3,(H,38,43)(H,39,44)(H2,46,47,48)/b19-14+/t28-,29+,30+/m1/s1. The van der Waals surface area contributed by atoms with E-state index < -0.39 is 48.8 Å². The Labute approximate surface area is 282 Å². The first-order valence-corrected chi connectivity index (χ1v) is 17.4. The minimum atomic E-state index is -5.74. The lowest BCUT2D eigenvalue weighted by atomic mass is 9.98. The molecule has 258 valence electrons. The summed E-state index contributed by atoms with van der Waals surface area (Å²) in [4.78, 5) is 74.5. The molecular formula is C35H37F2N4O7P. The highest BCUT2D eigenvalue weighted by atomic mass is 31.2. The van der Waals surface area contributed by atoms with Gasteiger partial charge in [-0.3, -0.25) is 23.7 Å². The molecule has 4 N–H and O–H groups in total. The van der Waals surface area contributed by atoms with Crippen LogP contribution in [0.25, 0.3) is 6.08 Å². The molecule has 2 heterocycles. The van der Waals surface area contributed by atoms with Crippen molar-refractivity contribution in [3.8, 4) is 0 Å². The van der Waals surface area contributed by atoms with E-state index in [0.717, 1.165) is 41.5 Å². The lowest BCUT2D eigenvalue weighted by Gasteiger charge is -2.38. The van der Waals surface area contributed by atoms with Crippen molar-refractivity contribution in [1.29, 1.82) is 0 Å². The maximum Gasteiger partial charge on any atom is 0.399 e. The van der Waals surface area contributed by atoms with E-state index in [9.17, 15) is 32.5 Å². The van der Waals surface area contributed by atoms with Crippen molar-refractivity contribution >= 4 is 37.3 Å². The van der Waals surface area contributed by atoms with Crippen molar-refractivity contribution in [1.82, 2.24) is 20.4 Å². The number of carbonyl (C=O) groups excluding carboxylic acids is 4. The second kappa shape index (κ2) is 14.8. The molecule has 5 rings (SSSR count). The maximum atomic E-state index is 14.1. The van der Waals surface area contributed by atoms with E-state index in [1.807, 2.05) is 60.7 Å². The molecule has 2 aliphatic heterocycles. The molecule has 0 radical (unpaired) electrons. The van der Waals surface area contributed by atoms with Crippen molar-refractivity contribution in [2.75, 3.05) is 13.1 Å². The molecule has 2 saturated heterocycles. The third kappa shape index (κ3) is 8.13. The predicted octanol–water partition coefficient (Wildman–Crippen LogP) is 3.93. The van der Waals surface area contributed by atoms with E-state index in [4.69, 9.17) is 9.79 Å². The van der Waals surface area contributed by atoms with Crippen LogP contribution in [0.4, 0.5) is 8.78 Å². The van der Waals surface area contributed by atoms with E-state index >= 15 is 0 Å². The molecule has 4 amide bonds. The highest BCUT2D eigenvalue weighted by Crippen LogP contribution is 2.59. The van der Waals surface area contributed by atoms with Crippen LogP contribution in [0.1, 0.15) is 54.5 Å². The summed E-state index contributed by atoms with van der Waals surface area (Å²) in [6.07, 6.45) is 3.77. The molecule has 3 aromatic rings. The molecule has 0 spiro atoms. The molecule has 0 unspecified atom stereocenters. The van der Waals surface area contributed by atoms with E-state index in [0.29, 0.717) is 25.8 Å². The largest absolute Gasteiger partial charge is 0.399 e. The predicted molar refractivity (Wildman–Crippen MR) is 177 cm³/mol. The molecular weight excluding hydrogens is 657 g/mol. The third-order valence-corrected chi connectivity index (χ3v) is 9.85. The van der Waals surface area contributed by atoms with Crippen molar-refractivity contribution < 1.29 is 42.3 Å². The summed E-state index contributed by atoms with van der Waals surface area (Å²) in [6.45, 7) is 1.58. The Morgan fingerprint density at radius 1 is 0.918 bits per heavy atom. The van der Waals surface area contributed by atoms with Gasteiger partial charge in [-0.05, 0) is 42.0 Å². The molecule has 0 aliphatic carbocycles. The molecule has 3 aromatic carbocycles. The van der Waals surface area contributed by atoms with Crippen molar-refractivity contribution in [2.24, 2.45) is 0 Å². The van der Waals surface area contributed by atoms with Gasteiger partial charge in [-0.2, -0.15) is 8.78 Å². The van der Waals surface area contributed by atoms with E-state index in [-0.39, 0.29) is 30.0 Å². The molecule has 14 heteroatoms. The molecule has 49 heavy (non-hydrogen) atoms. The monoisotopic (exact) mass is 694 g/mol. The third-order valence-electron chi connectivity index (χ3n) is 8.86. The maximum absolute atomic E-state index is 14.1. The Kier molecular flexibility index (Phi) is 10.8. The number of rotatable bonds is 9. The Balaban J connectivity index is 1.34. The van der Waals surface area contributed by atoms with Crippen LogP contribution in [0.3, 0.4) is 0 Å². The van der Waals surface area contributed by atoms with Crippen molar-refractivity contribution in [2.45, 2.75) is 56.0 Å². The zero-order chi connectivity index (χ0) is 35.3. The molecule has 3 atom stereocenters. The Morgan fingerprint density at radius 2 is 1.51 bits per heavy atom. The van der Waals surface area contributed by atoms with Crippen LogP contribution in [-0.2, 0) is 29.4 Å². The Hall–Kier alpha value is -4.71.